The highest BCUT2D eigenvalue weighted by Gasteiger charge is 1.91. The predicted octanol–water partition coefficient (Wildman–Crippen LogP) is 1.23. The summed E-state index contributed by atoms with van der Waals surface area (Å²) in [5.41, 5.74) is 0.955. The van der Waals surface area contributed by atoms with E-state index in [9.17, 15) is 0 Å². The van der Waals surface area contributed by atoms with Crippen LogP contribution in [-0.4, -0.2) is 4.98 Å². The van der Waals surface area contributed by atoms with E-state index in [0.717, 1.165) is 10.0 Å². The van der Waals surface area contributed by atoms with Gasteiger partial charge in [0.2, 0.25) is 0 Å². The molecule has 2 N–H and O–H groups in total. The number of hydrogen-bond acceptors (Lipinski definition) is 3. The molecule has 54 valence electrons. The summed E-state index contributed by atoms with van der Waals surface area (Å²) in [5, 5.41) is 0. The predicted molar refractivity (Wildman–Crippen MR) is 40.9 cm³/mol. The first-order valence-electron chi connectivity index (χ1n) is 2.74. The van der Waals surface area contributed by atoms with Crippen molar-refractivity contribution in [2.24, 2.45) is 5.90 Å². The fourth-order valence-electron chi connectivity index (χ4n) is 0.631. The Labute approximate surface area is 67.3 Å². The van der Waals surface area contributed by atoms with Crippen LogP contribution in [0.25, 0.3) is 0 Å². The number of rotatable bonds is 2. The summed E-state index contributed by atoms with van der Waals surface area (Å²) in [5.74, 6) is 4.87. The molecular formula is C6H7BrN2O. The lowest BCUT2D eigenvalue weighted by molar-refractivity contribution is 0.124. The number of halogens is 1. The van der Waals surface area contributed by atoms with Gasteiger partial charge in [0.25, 0.3) is 0 Å². The Hall–Kier alpha value is -0.450. The summed E-state index contributed by atoms with van der Waals surface area (Å²) in [6, 6.07) is 1.90. The van der Waals surface area contributed by atoms with Gasteiger partial charge in [0.15, 0.2) is 0 Å². The number of aromatic nitrogens is 1. The van der Waals surface area contributed by atoms with Crippen molar-refractivity contribution in [3.8, 4) is 0 Å². The Kier molecular flexibility index (Phi) is 2.80. The molecular weight excluding hydrogens is 196 g/mol. The molecule has 0 spiro atoms. The largest absolute Gasteiger partial charge is 0.300 e. The maximum Gasteiger partial charge on any atom is 0.0945 e. The van der Waals surface area contributed by atoms with Gasteiger partial charge in [-0.1, -0.05) is 0 Å². The molecule has 0 bridgehead atoms. The second-order valence-electron chi connectivity index (χ2n) is 1.82. The minimum atomic E-state index is 0.395. The van der Waals surface area contributed by atoms with Crippen LogP contribution >= 0.6 is 15.9 Å². The van der Waals surface area contributed by atoms with E-state index in [2.05, 4.69) is 25.8 Å². The van der Waals surface area contributed by atoms with Crippen LogP contribution in [0.15, 0.2) is 22.9 Å². The molecule has 10 heavy (non-hydrogen) atoms. The van der Waals surface area contributed by atoms with Gasteiger partial charge in [0, 0.05) is 16.9 Å². The lowest BCUT2D eigenvalue weighted by Gasteiger charge is -1.96. The maximum absolute atomic E-state index is 4.87. The Bertz CT molecular complexity index is 217. The van der Waals surface area contributed by atoms with Gasteiger partial charge in [0.1, 0.15) is 0 Å². The number of nitrogens with zero attached hydrogens (tertiary/aromatic N) is 1. The molecule has 0 saturated carbocycles. The summed E-state index contributed by atoms with van der Waals surface area (Å²) in [7, 11) is 0. The van der Waals surface area contributed by atoms with Gasteiger partial charge in [-0.3, -0.25) is 9.82 Å². The Balaban J connectivity index is 2.75. The van der Waals surface area contributed by atoms with E-state index in [1.807, 2.05) is 6.07 Å². The molecule has 0 aliphatic heterocycles. The quantitative estimate of drug-likeness (QED) is 0.735. The zero-order valence-corrected chi connectivity index (χ0v) is 6.84. The summed E-state index contributed by atoms with van der Waals surface area (Å²) in [6.45, 7) is 0.395. The molecule has 3 nitrogen and oxygen atoms in total. The van der Waals surface area contributed by atoms with Crippen molar-refractivity contribution in [1.82, 2.24) is 4.98 Å². The first-order valence-corrected chi connectivity index (χ1v) is 3.53. The first-order chi connectivity index (χ1) is 4.83. The highest BCUT2D eigenvalue weighted by Crippen LogP contribution is 2.09. The molecule has 1 aromatic heterocycles. The van der Waals surface area contributed by atoms with Crippen LogP contribution < -0.4 is 5.90 Å². The van der Waals surface area contributed by atoms with E-state index in [0.29, 0.717) is 6.61 Å². The summed E-state index contributed by atoms with van der Waals surface area (Å²) < 4.78 is 0.932. The Morgan fingerprint density at radius 3 is 3.00 bits per heavy atom. The lowest BCUT2D eigenvalue weighted by Crippen LogP contribution is -1.98. The summed E-state index contributed by atoms with van der Waals surface area (Å²) in [6.07, 6.45) is 3.41. The second kappa shape index (κ2) is 3.65. The van der Waals surface area contributed by atoms with Crippen LogP contribution in [0.3, 0.4) is 0 Å². The van der Waals surface area contributed by atoms with E-state index in [1.165, 1.54) is 0 Å². The molecule has 0 atom stereocenters. The standard InChI is InChI=1S/C6H7BrN2O/c7-6-1-5(4-10-8)2-9-3-6/h1-3H,4,8H2. The Morgan fingerprint density at radius 2 is 2.40 bits per heavy atom. The molecule has 1 heterocycles. The smallest absolute Gasteiger partial charge is 0.0945 e. The third kappa shape index (κ3) is 2.06. The molecule has 1 rings (SSSR count). The highest BCUT2D eigenvalue weighted by atomic mass is 79.9. The number of pyridine rings is 1. The van der Waals surface area contributed by atoms with Crippen molar-refractivity contribution >= 4 is 15.9 Å². The van der Waals surface area contributed by atoms with E-state index < -0.39 is 0 Å². The minimum Gasteiger partial charge on any atom is -0.300 e. The third-order valence-corrected chi connectivity index (χ3v) is 1.45. The lowest BCUT2D eigenvalue weighted by atomic mass is 10.3. The molecule has 0 aromatic carbocycles. The van der Waals surface area contributed by atoms with Crippen molar-refractivity contribution < 1.29 is 4.84 Å². The van der Waals surface area contributed by atoms with E-state index in [1.54, 1.807) is 12.4 Å². The van der Waals surface area contributed by atoms with E-state index >= 15 is 0 Å². The molecule has 4 heteroatoms. The van der Waals surface area contributed by atoms with Crippen molar-refractivity contribution in [2.75, 3.05) is 0 Å². The van der Waals surface area contributed by atoms with E-state index in [4.69, 9.17) is 5.90 Å². The van der Waals surface area contributed by atoms with E-state index in [-0.39, 0.29) is 0 Å². The average molecular weight is 203 g/mol. The van der Waals surface area contributed by atoms with Gasteiger partial charge in [-0.25, -0.2) is 5.90 Å². The molecule has 0 saturated heterocycles. The second-order valence-corrected chi connectivity index (χ2v) is 2.74. The fourth-order valence-corrected chi connectivity index (χ4v) is 1.04. The molecule has 0 unspecified atom stereocenters. The minimum absolute atomic E-state index is 0.395. The summed E-state index contributed by atoms with van der Waals surface area (Å²) in [4.78, 5) is 8.34. The normalized spacial score (nSPS) is 9.80. The Morgan fingerprint density at radius 1 is 1.60 bits per heavy atom. The van der Waals surface area contributed by atoms with Gasteiger partial charge in [-0.2, -0.15) is 0 Å². The van der Waals surface area contributed by atoms with Gasteiger partial charge < -0.3 is 0 Å². The molecule has 0 aliphatic rings. The first kappa shape index (κ1) is 7.65. The third-order valence-electron chi connectivity index (χ3n) is 1.01. The average Bonchev–Trinajstić information content (AvgIpc) is 1.88. The van der Waals surface area contributed by atoms with Gasteiger partial charge in [-0.15, -0.1) is 0 Å². The van der Waals surface area contributed by atoms with Crippen LogP contribution in [0.2, 0.25) is 0 Å². The van der Waals surface area contributed by atoms with Crippen molar-refractivity contribution in [3.63, 3.8) is 0 Å². The van der Waals surface area contributed by atoms with Crippen LogP contribution in [0, 0.1) is 0 Å². The zero-order valence-electron chi connectivity index (χ0n) is 5.25. The van der Waals surface area contributed by atoms with Gasteiger partial charge in [0.05, 0.1) is 6.61 Å². The summed E-state index contributed by atoms with van der Waals surface area (Å²) >= 11 is 3.27. The monoisotopic (exact) mass is 202 g/mol. The van der Waals surface area contributed by atoms with Crippen molar-refractivity contribution in [1.29, 1.82) is 0 Å². The van der Waals surface area contributed by atoms with Gasteiger partial charge >= 0.3 is 0 Å². The topological polar surface area (TPSA) is 48.1 Å². The zero-order chi connectivity index (χ0) is 7.40. The molecule has 0 aliphatic carbocycles. The molecule has 0 fully saturated rings. The van der Waals surface area contributed by atoms with Crippen LogP contribution in [-0.2, 0) is 11.4 Å². The van der Waals surface area contributed by atoms with Crippen LogP contribution in [0.1, 0.15) is 5.56 Å². The van der Waals surface area contributed by atoms with Crippen LogP contribution in [0.5, 0.6) is 0 Å². The molecule has 1 aromatic rings. The van der Waals surface area contributed by atoms with Crippen LogP contribution in [0.4, 0.5) is 0 Å². The van der Waals surface area contributed by atoms with Crippen molar-refractivity contribution in [2.45, 2.75) is 6.61 Å². The number of hydrogen-bond donors (Lipinski definition) is 1. The van der Waals surface area contributed by atoms with Gasteiger partial charge in [-0.05, 0) is 27.6 Å². The number of nitrogens with two attached hydrogens (primary N) is 1. The highest BCUT2D eigenvalue weighted by molar-refractivity contribution is 9.10. The maximum atomic E-state index is 4.87. The fraction of sp³-hybridized carbons (Fsp3) is 0.167. The molecule has 0 amide bonds. The SMILES string of the molecule is NOCc1cncc(Br)c1. The van der Waals surface area contributed by atoms with Crippen molar-refractivity contribution in [3.05, 3.63) is 28.5 Å². The molecule has 0 radical (unpaired) electrons.